The number of hydrogen-bond acceptors (Lipinski definition) is 8. The predicted molar refractivity (Wildman–Crippen MR) is 207 cm³/mol. The van der Waals surface area contributed by atoms with E-state index >= 15 is 0 Å². The first-order chi connectivity index (χ1) is 25.4. The van der Waals surface area contributed by atoms with Crippen LogP contribution < -0.4 is 19.5 Å². The van der Waals surface area contributed by atoms with Gasteiger partial charge in [-0.1, -0.05) is 36.7 Å². The number of ether oxygens (including phenoxy) is 3. The number of amides is 1. The van der Waals surface area contributed by atoms with E-state index in [0.29, 0.717) is 37.2 Å². The lowest BCUT2D eigenvalue weighted by molar-refractivity contribution is -0.212. The van der Waals surface area contributed by atoms with Crippen LogP contribution in [0, 0.1) is 17.8 Å². The van der Waals surface area contributed by atoms with Crippen molar-refractivity contribution in [3.05, 3.63) is 95.2 Å². The van der Waals surface area contributed by atoms with Crippen LogP contribution in [-0.4, -0.2) is 71.6 Å². The third-order valence-corrected chi connectivity index (χ3v) is 13.0. The molecular formula is C40H49ClN5O6S-. The molecule has 1 amide bonds. The van der Waals surface area contributed by atoms with E-state index < -0.39 is 21.7 Å². The van der Waals surface area contributed by atoms with Crippen LogP contribution in [0.2, 0.25) is 5.02 Å². The van der Waals surface area contributed by atoms with Crippen molar-refractivity contribution in [2.45, 2.75) is 57.0 Å². The highest BCUT2D eigenvalue weighted by atomic mass is 35.5. The van der Waals surface area contributed by atoms with Gasteiger partial charge in [0.2, 0.25) is 5.88 Å². The second-order valence-electron chi connectivity index (χ2n) is 14.6. The highest BCUT2D eigenvalue weighted by molar-refractivity contribution is 7.92. The molecule has 3 aromatic rings. The number of aryl methyl sites for hydroxylation is 2. The molecule has 1 saturated carbocycles. The average molecular weight is 763 g/mol. The third-order valence-electron chi connectivity index (χ3n) is 10.9. The number of nitrogens with zero attached hydrogens (tertiary/aromatic N) is 5. The molecule has 284 valence electrons. The molecule has 0 saturated heterocycles. The van der Waals surface area contributed by atoms with Crippen LogP contribution in [0.5, 0.6) is 11.6 Å². The summed E-state index contributed by atoms with van der Waals surface area (Å²) in [5, 5.41) is 18.2. The smallest absolute Gasteiger partial charge is 0.286 e. The topological polar surface area (TPSA) is 131 Å². The Morgan fingerprint density at radius 3 is 2.75 bits per heavy atom. The third kappa shape index (κ3) is 8.19. The van der Waals surface area contributed by atoms with Crippen molar-refractivity contribution in [1.82, 2.24) is 9.78 Å². The second kappa shape index (κ2) is 16.1. The molecule has 0 N–H and O–H groups in total. The Morgan fingerprint density at radius 1 is 1.25 bits per heavy atom. The molecule has 2 heterocycles. The molecule has 1 spiro atoms. The van der Waals surface area contributed by atoms with Gasteiger partial charge in [-0.2, -0.15) is 4.40 Å². The van der Waals surface area contributed by atoms with E-state index in [1.165, 1.54) is 29.1 Å². The highest BCUT2D eigenvalue weighted by Gasteiger charge is 2.44. The van der Waals surface area contributed by atoms with Crippen LogP contribution in [0.3, 0.4) is 0 Å². The highest BCUT2D eigenvalue weighted by Crippen LogP contribution is 2.47. The first-order valence-electron chi connectivity index (χ1n) is 18.1. The van der Waals surface area contributed by atoms with Crippen LogP contribution in [-0.2, 0) is 33.5 Å². The van der Waals surface area contributed by atoms with E-state index in [4.69, 9.17) is 25.8 Å². The van der Waals surface area contributed by atoms with Crippen LogP contribution in [0.4, 0.5) is 5.69 Å². The number of halogens is 1. The Morgan fingerprint density at radius 2 is 2.06 bits per heavy atom. The Kier molecular flexibility index (Phi) is 11.7. The van der Waals surface area contributed by atoms with E-state index in [2.05, 4.69) is 44.0 Å². The molecule has 1 aliphatic heterocycles. The quantitative estimate of drug-likeness (QED) is 0.112. The Balaban J connectivity index is 1.40. The van der Waals surface area contributed by atoms with Gasteiger partial charge in [0, 0.05) is 55.3 Å². The number of hydrogen-bond donors (Lipinski definition) is 0. The zero-order valence-corrected chi connectivity index (χ0v) is 32.5. The van der Waals surface area contributed by atoms with Gasteiger partial charge < -0.3 is 24.2 Å². The lowest BCUT2D eigenvalue weighted by Gasteiger charge is -2.46. The van der Waals surface area contributed by atoms with E-state index in [1.807, 2.05) is 19.1 Å². The van der Waals surface area contributed by atoms with Gasteiger partial charge in [0.15, 0.2) is 9.92 Å². The maximum atomic E-state index is 14.4. The molecule has 2 aliphatic carbocycles. The summed E-state index contributed by atoms with van der Waals surface area (Å²) in [6, 6.07) is 11.4. The summed E-state index contributed by atoms with van der Waals surface area (Å²) in [7, 11) is 1.01. The van der Waals surface area contributed by atoms with Crippen molar-refractivity contribution < 1.29 is 28.3 Å². The number of benzene rings is 2. The normalized spacial score (nSPS) is 23.3. The van der Waals surface area contributed by atoms with Crippen molar-refractivity contribution in [3.8, 4) is 11.6 Å². The monoisotopic (exact) mass is 762 g/mol. The Bertz CT molecular complexity index is 2020. The van der Waals surface area contributed by atoms with E-state index in [9.17, 15) is 14.1 Å². The largest absolute Gasteiger partial charge is 0.857 e. The number of carbonyl (C=O) groups is 1. The molecule has 0 unspecified atom stereocenters. The molecule has 1 aromatic heterocycles. The SMILES string of the molecule is C=CC[C@H](C)C[S@](=O)(=NC(=O)c1ccc2c(c1)N(C[C@@H]1CC[C@H]1[C@H](C=C)OC)C[C@@]1(CCCc3cc(Cl)ccc31)CO2)/N=C(\[O-])c1cn(C)nc1OC. The number of aromatic nitrogens is 2. The summed E-state index contributed by atoms with van der Waals surface area (Å²) >= 11 is 6.45. The lowest BCUT2D eigenvalue weighted by Crippen LogP contribution is -2.49. The molecule has 0 radical (unpaired) electrons. The fourth-order valence-electron chi connectivity index (χ4n) is 8.17. The van der Waals surface area contributed by atoms with Gasteiger partial charge >= 0.3 is 0 Å². The number of carbonyl (C=O) groups excluding carboxylic acids is 1. The van der Waals surface area contributed by atoms with Gasteiger partial charge in [0.05, 0.1) is 36.8 Å². The molecule has 11 nitrogen and oxygen atoms in total. The summed E-state index contributed by atoms with van der Waals surface area (Å²) in [6.07, 6.45) is 10.4. The molecule has 53 heavy (non-hydrogen) atoms. The molecule has 0 bridgehead atoms. The molecule has 6 rings (SSSR count). The maximum absolute atomic E-state index is 14.4. The van der Waals surface area contributed by atoms with Gasteiger partial charge in [-0.3, -0.25) is 9.48 Å². The molecule has 3 aliphatic rings. The fraction of sp³-hybridized carbons (Fsp3) is 0.475. The zero-order valence-electron chi connectivity index (χ0n) is 31.0. The lowest BCUT2D eigenvalue weighted by atomic mass is 9.68. The van der Waals surface area contributed by atoms with Crippen LogP contribution in [0.25, 0.3) is 0 Å². The minimum atomic E-state index is -3.73. The number of rotatable bonds is 13. The van der Waals surface area contributed by atoms with E-state index in [-0.39, 0.29) is 40.2 Å². The number of methoxy groups -OCH3 is 2. The van der Waals surface area contributed by atoms with Crippen molar-refractivity contribution in [2.24, 2.45) is 33.6 Å². The predicted octanol–water partition coefficient (Wildman–Crippen LogP) is 6.32. The standard InChI is InChI=1S/C40H50ClN5O6S/c1-7-10-26(3)23-53(49,44-38(48)32-22-45(4)42-39(32)51-6)43-37(47)28-13-17-36-34(20-28)46(21-29-12-15-31(29)35(8-2)50-5)24-40(25-52-36)18-9-11-27-19-30(41)14-16-33(27)40/h7-8,13-14,16-17,19-20,22,26,29,31,35H,1-2,9-12,15,18,21,23-25H2,3-6H3,(H,43,44,47,48,49)/p-1/t26-,29-,31+,35-,40-,53-/m0/s1. The Labute approximate surface area is 318 Å². The van der Waals surface area contributed by atoms with Crippen molar-refractivity contribution in [1.29, 1.82) is 0 Å². The molecule has 6 atom stereocenters. The van der Waals surface area contributed by atoms with E-state index in [1.54, 1.807) is 38.4 Å². The first kappa shape index (κ1) is 38.6. The summed E-state index contributed by atoms with van der Waals surface area (Å²) < 4.78 is 41.7. The molecular weight excluding hydrogens is 714 g/mol. The van der Waals surface area contributed by atoms with Gasteiger partial charge in [0.25, 0.3) is 5.91 Å². The average Bonchev–Trinajstić information content (AvgIpc) is 3.44. The first-order valence-corrected chi connectivity index (χ1v) is 20.1. The van der Waals surface area contributed by atoms with Crippen molar-refractivity contribution >= 4 is 39.0 Å². The van der Waals surface area contributed by atoms with Gasteiger partial charge in [0.1, 0.15) is 5.75 Å². The molecule has 1 fully saturated rings. The van der Waals surface area contributed by atoms with Gasteiger partial charge in [-0.15, -0.1) is 22.6 Å². The summed E-state index contributed by atoms with van der Waals surface area (Å²) in [4.78, 5) is 16.4. The minimum Gasteiger partial charge on any atom is -0.857 e. The zero-order chi connectivity index (χ0) is 37.9. The van der Waals surface area contributed by atoms with Crippen LogP contribution >= 0.6 is 11.6 Å². The number of fused-ring (bicyclic) bond motifs is 3. The van der Waals surface area contributed by atoms with Crippen molar-refractivity contribution in [3.63, 3.8) is 0 Å². The summed E-state index contributed by atoms with van der Waals surface area (Å²) in [5.41, 5.74) is 3.20. The number of allylic oxidation sites excluding steroid dienone is 1. The number of anilines is 1. The molecule has 13 heteroatoms. The Hall–Kier alpha value is -4.13. The molecule has 2 aromatic carbocycles. The van der Waals surface area contributed by atoms with Crippen molar-refractivity contribution in [2.75, 3.05) is 44.6 Å². The maximum Gasteiger partial charge on any atom is 0.286 e. The van der Waals surface area contributed by atoms with Crippen LogP contribution in [0.15, 0.2) is 76.7 Å². The van der Waals surface area contributed by atoms with E-state index in [0.717, 1.165) is 49.4 Å². The van der Waals surface area contributed by atoms with Gasteiger partial charge in [-0.25, -0.2) is 4.21 Å². The fourth-order valence-corrected chi connectivity index (χ4v) is 10.2. The summed E-state index contributed by atoms with van der Waals surface area (Å²) in [5.74, 6) is -0.541. The summed E-state index contributed by atoms with van der Waals surface area (Å²) in [6.45, 7) is 11.5. The van der Waals surface area contributed by atoms with Gasteiger partial charge in [-0.05, 0) is 97.7 Å². The second-order valence-corrected chi connectivity index (χ2v) is 17.0. The van der Waals surface area contributed by atoms with Crippen LogP contribution in [0.1, 0.15) is 66.1 Å². The minimum absolute atomic E-state index is 0.0292.